The molecule has 0 aromatic heterocycles. The number of allylic oxidation sites excluding steroid dienone is 3. The van der Waals surface area contributed by atoms with Crippen LogP contribution in [-0.2, 0) is 0 Å². The van der Waals surface area contributed by atoms with Crippen LogP contribution in [-0.4, -0.2) is 19.0 Å². The van der Waals surface area contributed by atoms with Crippen molar-refractivity contribution in [2.24, 2.45) is 0 Å². The van der Waals surface area contributed by atoms with Crippen molar-refractivity contribution in [3.05, 3.63) is 72.3 Å². The highest BCUT2D eigenvalue weighted by atomic mass is 15.1. The molecule has 19 heavy (non-hydrogen) atoms. The van der Waals surface area contributed by atoms with Gasteiger partial charge in [0, 0.05) is 19.8 Å². The lowest BCUT2D eigenvalue weighted by Crippen LogP contribution is -2.11. The molecule has 1 radical (unpaired) electrons. The fourth-order valence-corrected chi connectivity index (χ4v) is 2.47. The lowest BCUT2D eigenvalue weighted by atomic mass is 9.94. The highest BCUT2D eigenvalue weighted by Crippen LogP contribution is 2.28. The molecule has 0 N–H and O–H groups in total. The first-order chi connectivity index (χ1) is 9.24. The van der Waals surface area contributed by atoms with E-state index in [1.165, 1.54) is 27.6 Å². The molecule has 0 fully saturated rings. The number of fused-ring (bicyclic) bond motifs is 1. The molecule has 1 aliphatic rings. The predicted octanol–water partition coefficient (Wildman–Crippen LogP) is 4.28. The van der Waals surface area contributed by atoms with Gasteiger partial charge in [-0.15, -0.1) is 0 Å². The molecule has 1 nitrogen and oxygen atoms in total. The predicted molar refractivity (Wildman–Crippen MR) is 82.6 cm³/mol. The Morgan fingerprint density at radius 2 is 1.74 bits per heavy atom. The molecule has 2 aromatic carbocycles. The molecule has 1 aliphatic carbocycles. The summed E-state index contributed by atoms with van der Waals surface area (Å²) in [6.45, 7) is 0. The number of nitrogens with zero attached hydrogens (tertiary/aromatic N) is 1. The maximum atomic E-state index is 2.29. The van der Waals surface area contributed by atoms with Crippen LogP contribution in [0.3, 0.4) is 0 Å². The molecule has 2 aromatic rings. The standard InChI is InChI=1S/C18H18N/c1-19(2)18-9-5-8-16(13-18)17-11-10-14-6-3-4-7-15(14)12-17/h3-4,6-13H,5H2,1-2H3. The molecule has 0 spiro atoms. The zero-order chi connectivity index (χ0) is 13.2. The molecule has 3 rings (SSSR count). The number of rotatable bonds is 2. The quantitative estimate of drug-likeness (QED) is 0.767. The summed E-state index contributed by atoms with van der Waals surface area (Å²) < 4.78 is 0. The van der Waals surface area contributed by atoms with Crippen molar-refractivity contribution in [1.82, 2.24) is 4.90 Å². The van der Waals surface area contributed by atoms with E-state index in [1.807, 2.05) is 0 Å². The van der Waals surface area contributed by atoms with Gasteiger partial charge < -0.3 is 4.90 Å². The second kappa shape index (κ2) is 4.93. The highest BCUT2D eigenvalue weighted by Gasteiger charge is 2.09. The van der Waals surface area contributed by atoms with E-state index < -0.39 is 0 Å². The minimum atomic E-state index is 1.01. The first kappa shape index (κ1) is 12.0. The monoisotopic (exact) mass is 248 g/mol. The minimum absolute atomic E-state index is 1.01. The van der Waals surface area contributed by atoms with Gasteiger partial charge in [-0.1, -0.05) is 42.5 Å². The third-order valence-corrected chi connectivity index (χ3v) is 3.57. The van der Waals surface area contributed by atoms with Gasteiger partial charge in [-0.25, -0.2) is 0 Å². The fourth-order valence-electron chi connectivity index (χ4n) is 2.47. The average Bonchev–Trinajstić information content (AvgIpc) is 2.47. The van der Waals surface area contributed by atoms with Crippen molar-refractivity contribution in [2.45, 2.75) is 6.42 Å². The summed E-state index contributed by atoms with van der Waals surface area (Å²) >= 11 is 0. The Kier molecular flexibility index (Phi) is 3.12. The van der Waals surface area contributed by atoms with E-state index in [-0.39, 0.29) is 0 Å². The average molecular weight is 248 g/mol. The van der Waals surface area contributed by atoms with E-state index >= 15 is 0 Å². The van der Waals surface area contributed by atoms with E-state index in [1.54, 1.807) is 0 Å². The lowest BCUT2D eigenvalue weighted by Gasteiger charge is -2.20. The largest absolute Gasteiger partial charge is 0.378 e. The number of hydrogen-bond donors (Lipinski definition) is 0. The molecule has 0 saturated carbocycles. The third-order valence-electron chi connectivity index (χ3n) is 3.57. The van der Waals surface area contributed by atoms with Crippen LogP contribution in [0.2, 0.25) is 0 Å². The maximum Gasteiger partial charge on any atom is 0.0323 e. The van der Waals surface area contributed by atoms with Gasteiger partial charge in [0.15, 0.2) is 0 Å². The molecule has 1 heteroatoms. The van der Waals surface area contributed by atoms with Gasteiger partial charge in [0.1, 0.15) is 0 Å². The van der Waals surface area contributed by atoms with Crippen molar-refractivity contribution in [3.8, 4) is 0 Å². The number of hydrogen-bond acceptors (Lipinski definition) is 1. The zero-order valence-corrected chi connectivity index (χ0v) is 11.4. The van der Waals surface area contributed by atoms with Crippen LogP contribution in [0.25, 0.3) is 16.3 Å². The van der Waals surface area contributed by atoms with Crippen LogP contribution in [0.15, 0.2) is 60.3 Å². The Morgan fingerprint density at radius 3 is 2.53 bits per heavy atom. The summed E-state index contributed by atoms with van der Waals surface area (Å²) in [7, 11) is 4.18. The van der Waals surface area contributed by atoms with Crippen LogP contribution in [0.5, 0.6) is 0 Å². The van der Waals surface area contributed by atoms with Gasteiger partial charge in [-0.05, 0) is 46.9 Å². The molecule has 0 atom stereocenters. The van der Waals surface area contributed by atoms with Crippen molar-refractivity contribution < 1.29 is 0 Å². The van der Waals surface area contributed by atoms with Crippen LogP contribution in [0, 0.1) is 6.42 Å². The van der Waals surface area contributed by atoms with Crippen molar-refractivity contribution in [1.29, 1.82) is 0 Å². The Bertz CT molecular complexity index is 662. The molecule has 95 valence electrons. The smallest absolute Gasteiger partial charge is 0.0323 e. The number of likely N-dealkylation sites (N-methyl/N-ethyl adjacent to an activating group) is 1. The third kappa shape index (κ3) is 2.41. The van der Waals surface area contributed by atoms with Crippen molar-refractivity contribution >= 4 is 16.3 Å². The summed E-state index contributed by atoms with van der Waals surface area (Å²) in [6, 6.07) is 15.2. The molecular weight excluding hydrogens is 230 g/mol. The van der Waals surface area contributed by atoms with E-state index in [2.05, 4.69) is 80.0 Å². The molecule has 0 saturated heterocycles. The van der Waals surface area contributed by atoms with Crippen LogP contribution in [0.1, 0.15) is 12.0 Å². The van der Waals surface area contributed by atoms with Gasteiger partial charge in [-0.3, -0.25) is 0 Å². The van der Waals surface area contributed by atoms with Gasteiger partial charge in [-0.2, -0.15) is 0 Å². The van der Waals surface area contributed by atoms with Crippen LogP contribution >= 0.6 is 0 Å². The van der Waals surface area contributed by atoms with Gasteiger partial charge in [0.05, 0.1) is 0 Å². The first-order valence-electron chi connectivity index (χ1n) is 6.65. The van der Waals surface area contributed by atoms with E-state index in [0.29, 0.717) is 0 Å². The zero-order valence-electron chi connectivity index (χ0n) is 11.4. The van der Waals surface area contributed by atoms with Crippen LogP contribution in [0.4, 0.5) is 0 Å². The molecule has 0 aliphatic heterocycles. The molecular formula is C18H18N. The van der Waals surface area contributed by atoms with Gasteiger partial charge in [0.25, 0.3) is 0 Å². The van der Waals surface area contributed by atoms with Crippen molar-refractivity contribution in [3.63, 3.8) is 0 Å². The maximum absolute atomic E-state index is 2.29. The lowest BCUT2D eigenvalue weighted by molar-refractivity contribution is 0.526. The Labute approximate surface area is 114 Å². The van der Waals surface area contributed by atoms with Crippen molar-refractivity contribution in [2.75, 3.05) is 14.1 Å². The van der Waals surface area contributed by atoms with Gasteiger partial charge in [0.2, 0.25) is 0 Å². The van der Waals surface area contributed by atoms with E-state index in [4.69, 9.17) is 0 Å². The second-order valence-corrected chi connectivity index (χ2v) is 5.12. The highest BCUT2D eigenvalue weighted by molar-refractivity contribution is 5.88. The molecule has 0 heterocycles. The summed E-state index contributed by atoms with van der Waals surface area (Å²) in [5.41, 5.74) is 3.90. The topological polar surface area (TPSA) is 3.24 Å². The normalized spacial score (nSPS) is 15.1. The van der Waals surface area contributed by atoms with Crippen LogP contribution < -0.4 is 0 Å². The Morgan fingerprint density at radius 1 is 0.947 bits per heavy atom. The summed E-state index contributed by atoms with van der Waals surface area (Å²) in [6.07, 6.45) is 7.81. The molecule has 0 amide bonds. The summed E-state index contributed by atoms with van der Waals surface area (Å²) in [5, 5.41) is 2.60. The van der Waals surface area contributed by atoms with E-state index in [9.17, 15) is 0 Å². The second-order valence-electron chi connectivity index (χ2n) is 5.12. The summed E-state index contributed by atoms with van der Waals surface area (Å²) in [5.74, 6) is 0. The number of benzene rings is 2. The SMILES string of the molecule is CN(C)C1=CC[CH]C(c2ccc3ccccc3c2)=C1. The summed E-state index contributed by atoms with van der Waals surface area (Å²) in [4.78, 5) is 2.16. The molecule has 0 unspecified atom stereocenters. The fraction of sp³-hybridized carbons (Fsp3) is 0.167. The minimum Gasteiger partial charge on any atom is -0.378 e. The van der Waals surface area contributed by atoms with Gasteiger partial charge >= 0.3 is 0 Å². The van der Waals surface area contributed by atoms with E-state index in [0.717, 1.165) is 6.42 Å². The first-order valence-corrected chi connectivity index (χ1v) is 6.65. The Hall–Kier alpha value is -2.02. The Balaban J connectivity index is 2.02. The molecule has 0 bridgehead atoms.